The lowest BCUT2D eigenvalue weighted by Crippen LogP contribution is -2.55. The molecule has 3 aliphatic carbocycles. The molecule has 0 N–H and O–H groups in total. The molecule has 6 rings (SSSR count). The zero-order valence-electron chi connectivity index (χ0n) is 17.2. The molecule has 6 nitrogen and oxygen atoms in total. The molecule has 3 saturated carbocycles. The number of carbonyl (C=O) groups is 2. The molecule has 0 bridgehead atoms. The van der Waals surface area contributed by atoms with Gasteiger partial charge in [-0.3, -0.25) is 14.0 Å². The summed E-state index contributed by atoms with van der Waals surface area (Å²) in [5.41, 5.74) is -0.637. The molecule has 0 spiro atoms. The summed E-state index contributed by atoms with van der Waals surface area (Å²) in [6.07, 6.45) is 2.13. The third-order valence-corrected chi connectivity index (χ3v) is 8.20. The lowest BCUT2D eigenvalue weighted by molar-refractivity contribution is -0.138. The van der Waals surface area contributed by atoms with E-state index in [2.05, 4.69) is 20.9 Å². The standard InChI is InChI=1S/C22H22BrF3N4O2/c23-19-18(27-20-16(22(24,25)26)8-14(9-30(19)20)11-1-2-11)21(32)28-3-4-29(17(31)10-28)15-6-12-5-13(12)7-15/h8-9,11-13,15H,1-7,10H2/t12-,13-/m0/s1. The monoisotopic (exact) mass is 510 g/mol. The molecular formula is C22H22BrF3N4O2. The van der Waals surface area contributed by atoms with Crippen LogP contribution in [0.5, 0.6) is 0 Å². The van der Waals surface area contributed by atoms with Gasteiger partial charge in [0, 0.05) is 25.3 Å². The van der Waals surface area contributed by atoms with Crippen LogP contribution in [-0.4, -0.2) is 56.7 Å². The van der Waals surface area contributed by atoms with Gasteiger partial charge >= 0.3 is 6.18 Å². The van der Waals surface area contributed by atoms with Gasteiger partial charge in [0.2, 0.25) is 5.91 Å². The fourth-order valence-corrected chi connectivity index (χ4v) is 5.98. The van der Waals surface area contributed by atoms with Crippen molar-refractivity contribution in [2.24, 2.45) is 11.8 Å². The number of fused-ring (bicyclic) bond motifs is 2. The second-order valence-corrected chi connectivity index (χ2v) is 10.4. The molecule has 32 heavy (non-hydrogen) atoms. The second kappa shape index (κ2) is 6.95. The molecular weight excluding hydrogens is 489 g/mol. The zero-order valence-corrected chi connectivity index (χ0v) is 18.8. The average Bonchev–Trinajstić information content (AvgIpc) is 3.66. The Labute approximate surface area is 190 Å². The summed E-state index contributed by atoms with van der Waals surface area (Å²) in [7, 11) is 0. The zero-order chi connectivity index (χ0) is 22.4. The van der Waals surface area contributed by atoms with Crippen LogP contribution in [0, 0.1) is 11.8 Å². The van der Waals surface area contributed by atoms with Crippen LogP contribution in [0.1, 0.15) is 59.6 Å². The van der Waals surface area contributed by atoms with E-state index in [1.807, 2.05) is 4.90 Å². The minimum atomic E-state index is -4.58. The van der Waals surface area contributed by atoms with Gasteiger partial charge in [0.25, 0.3) is 5.91 Å². The molecule has 4 aliphatic rings. The lowest BCUT2D eigenvalue weighted by atomic mass is 10.1. The molecule has 2 amide bonds. The molecule has 0 unspecified atom stereocenters. The van der Waals surface area contributed by atoms with Crippen molar-refractivity contribution in [1.82, 2.24) is 19.2 Å². The van der Waals surface area contributed by atoms with E-state index >= 15 is 0 Å². The average molecular weight is 511 g/mol. The van der Waals surface area contributed by atoms with Crippen LogP contribution >= 0.6 is 15.9 Å². The predicted molar refractivity (Wildman–Crippen MR) is 112 cm³/mol. The highest BCUT2D eigenvalue weighted by Gasteiger charge is 2.49. The molecule has 2 atom stereocenters. The first-order valence-corrected chi connectivity index (χ1v) is 11.9. The number of amides is 2. The number of imidazole rings is 1. The Hall–Kier alpha value is -2.10. The highest BCUT2D eigenvalue weighted by molar-refractivity contribution is 9.10. The first-order valence-electron chi connectivity index (χ1n) is 11.1. The largest absolute Gasteiger partial charge is 0.419 e. The molecule has 1 aliphatic heterocycles. The van der Waals surface area contributed by atoms with Crippen molar-refractivity contribution in [3.63, 3.8) is 0 Å². The Morgan fingerprint density at radius 1 is 1.12 bits per heavy atom. The molecule has 4 fully saturated rings. The van der Waals surface area contributed by atoms with Crippen LogP contribution in [0.15, 0.2) is 16.9 Å². The van der Waals surface area contributed by atoms with E-state index in [-0.39, 0.29) is 40.4 Å². The Balaban J connectivity index is 1.28. The smallest absolute Gasteiger partial charge is 0.336 e. The first-order chi connectivity index (χ1) is 15.2. The van der Waals surface area contributed by atoms with Crippen LogP contribution in [0.2, 0.25) is 0 Å². The van der Waals surface area contributed by atoms with Gasteiger partial charge in [-0.1, -0.05) is 0 Å². The van der Waals surface area contributed by atoms with E-state index in [1.54, 1.807) is 6.20 Å². The van der Waals surface area contributed by atoms with E-state index < -0.39 is 17.6 Å². The number of pyridine rings is 1. The SMILES string of the molecule is O=C(c1nc2c(C(F)(F)F)cc(C3CC3)cn2c1Br)N1CCN(C2C[C@@H]3C[C@H]3C2)C(=O)C1. The van der Waals surface area contributed by atoms with Crippen molar-refractivity contribution < 1.29 is 22.8 Å². The van der Waals surface area contributed by atoms with E-state index in [4.69, 9.17) is 0 Å². The van der Waals surface area contributed by atoms with Crippen LogP contribution in [0.4, 0.5) is 13.2 Å². The van der Waals surface area contributed by atoms with E-state index in [0.717, 1.165) is 43.6 Å². The number of halogens is 4. The number of hydrogen-bond acceptors (Lipinski definition) is 3. The summed E-state index contributed by atoms with van der Waals surface area (Å²) >= 11 is 3.31. The van der Waals surface area contributed by atoms with E-state index in [0.29, 0.717) is 18.7 Å². The summed E-state index contributed by atoms with van der Waals surface area (Å²) in [5.74, 6) is 1.00. The summed E-state index contributed by atoms with van der Waals surface area (Å²) in [4.78, 5) is 33.3. The predicted octanol–water partition coefficient (Wildman–Crippen LogP) is 4.08. The topological polar surface area (TPSA) is 57.9 Å². The maximum absolute atomic E-state index is 13.7. The highest BCUT2D eigenvalue weighted by atomic mass is 79.9. The van der Waals surface area contributed by atoms with Gasteiger partial charge in [-0.2, -0.15) is 13.2 Å². The Morgan fingerprint density at radius 3 is 2.47 bits per heavy atom. The van der Waals surface area contributed by atoms with Gasteiger partial charge in [0.05, 0.1) is 5.56 Å². The summed E-state index contributed by atoms with van der Waals surface area (Å²) < 4.78 is 42.7. The molecule has 10 heteroatoms. The van der Waals surface area contributed by atoms with Crippen molar-refractivity contribution >= 4 is 33.4 Å². The molecule has 0 aromatic carbocycles. The molecule has 2 aromatic heterocycles. The number of alkyl halides is 3. The summed E-state index contributed by atoms with van der Waals surface area (Å²) in [5, 5.41) is 0. The van der Waals surface area contributed by atoms with E-state index in [9.17, 15) is 22.8 Å². The number of piperazine rings is 1. The van der Waals surface area contributed by atoms with Crippen LogP contribution in [0.3, 0.4) is 0 Å². The maximum atomic E-state index is 13.7. The lowest BCUT2D eigenvalue weighted by Gasteiger charge is -2.38. The summed E-state index contributed by atoms with van der Waals surface area (Å²) in [6.45, 7) is 0.750. The van der Waals surface area contributed by atoms with Gasteiger partial charge in [0.1, 0.15) is 11.1 Å². The number of rotatable bonds is 3. The van der Waals surface area contributed by atoms with Crippen molar-refractivity contribution in [3.8, 4) is 0 Å². The first kappa shape index (κ1) is 20.5. The molecule has 2 aromatic rings. The molecule has 170 valence electrons. The Bertz CT molecular complexity index is 1130. The molecule has 3 heterocycles. The normalized spacial score (nSPS) is 26.2. The quantitative estimate of drug-likeness (QED) is 0.625. The van der Waals surface area contributed by atoms with Crippen molar-refractivity contribution in [2.75, 3.05) is 19.6 Å². The molecule has 0 radical (unpaired) electrons. The highest BCUT2D eigenvalue weighted by Crippen LogP contribution is 2.53. The fraction of sp³-hybridized carbons (Fsp3) is 0.591. The minimum Gasteiger partial charge on any atom is -0.336 e. The third kappa shape index (κ3) is 3.33. The van der Waals surface area contributed by atoms with Crippen LogP contribution in [0.25, 0.3) is 5.65 Å². The third-order valence-electron chi connectivity index (χ3n) is 7.44. The number of hydrogen-bond donors (Lipinski definition) is 0. The van der Waals surface area contributed by atoms with Crippen molar-refractivity contribution in [1.29, 1.82) is 0 Å². The van der Waals surface area contributed by atoms with Gasteiger partial charge in [-0.25, -0.2) is 4.98 Å². The van der Waals surface area contributed by atoms with E-state index in [1.165, 1.54) is 15.7 Å². The van der Waals surface area contributed by atoms with Gasteiger partial charge in [0.15, 0.2) is 11.3 Å². The number of carbonyl (C=O) groups excluding carboxylic acids is 2. The van der Waals surface area contributed by atoms with Crippen LogP contribution < -0.4 is 0 Å². The number of aromatic nitrogens is 2. The van der Waals surface area contributed by atoms with Gasteiger partial charge < -0.3 is 9.80 Å². The summed E-state index contributed by atoms with van der Waals surface area (Å²) in [6, 6.07) is 1.41. The second-order valence-electron chi connectivity index (χ2n) is 9.60. The number of nitrogens with zero attached hydrogens (tertiary/aromatic N) is 4. The van der Waals surface area contributed by atoms with Gasteiger partial charge in [-0.15, -0.1) is 0 Å². The maximum Gasteiger partial charge on any atom is 0.419 e. The molecule has 1 saturated heterocycles. The van der Waals surface area contributed by atoms with Crippen molar-refractivity contribution in [2.45, 2.75) is 50.2 Å². The van der Waals surface area contributed by atoms with Crippen LogP contribution in [-0.2, 0) is 11.0 Å². The Morgan fingerprint density at radius 2 is 1.84 bits per heavy atom. The fourth-order valence-electron chi connectivity index (χ4n) is 5.46. The Kier molecular flexibility index (Phi) is 4.45. The van der Waals surface area contributed by atoms with Crippen molar-refractivity contribution in [3.05, 3.63) is 33.7 Å². The van der Waals surface area contributed by atoms with Gasteiger partial charge in [-0.05, 0) is 77.4 Å². The minimum absolute atomic E-state index is 0.0650.